The van der Waals surface area contributed by atoms with Crippen molar-refractivity contribution in [1.29, 1.82) is 0 Å². The molecule has 1 amide bonds. The van der Waals surface area contributed by atoms with Crippen molar-refractivity contribution in [1.82, 2.24) is 25.1 Å². The van der Waals surface area contributed by atoms with Gasteiger partial charge in [-0.2, -0.15) is 13.2 Å². The van der Waals surface area contributed by atoms with Crippen molar-refractivity contribution in [3.63, 3.8) is 0 Å². The summed E-state index contributed by atoms with van der Waals surface area (Å²) in [5.74, 6) is -0.521. The topological polar surface area (TPSA) is 138 Å². The molecule has 4 rings (SSSR count). The minimum absolute atomic E-state index is 0.107. The van der Waals surface area contributed by atoms with Crippen LogP contribution >= 0.6 is 0 Å². The van der Waals surface area contributed by atoms with E-state index in [-0.39, 0.29) is 36.4 Å². The van der Waals surface area contributed by atoms with Crippen molar-refractivity contribution in [3.8, 4) is 0 Å². The number of nitrogens with one attached hydrogen (secondary N) is 1. The quantitative estimate of drug-likeness (QED) is 0.579. The predicted molar refractivity (Wildman–Crippen MR) is 104 cm³/mol. The second-order valence-corrected chi connectivity index (χ2v) is 7.49. The molecule has 0 aromatic carbocycles. The van der Waals surface area contributed by atoms with Gasteiger partial charge in [0.1, 0.15) is 18.0 Å². The van der Waals surface area contributed by atoms with Gasteiger partial charge in [0.2, 0.25) is 17.4 Å². The average Bonchev–Trinajstić information content (AvgIpc) is 3.06. The number of guanidine groups is 1. The van der Waals surface area contributed by atoms with Gasteiger partial charge in [0, 0.05) is 31.0 Å². The number of morpholine rings is 1. The van der Waals surface area contributed by atoms with E-state index in [1.54, 1.807) is 11.8 Å². The fourth-order valence-corrected chi connectivity index (χ4v) is 3.77. The Morgan fingerprint density at radius 1 is 1.31 bits per heavy atom. The molecule has 1 aromatic rings. The molecule has 2 saturated heterocycles. The number of aliphatic hydroxyl groups excluding tert-OH is 1. The van der Waals surface area contributed by atoms with Gasteiger partial charge in [-0.25, -0.2) is 19.8 Å². The molecule has 3 aliphatic rings. The number of aliphatic hydroxyl groups is 1. The third-order valence-electron chi connectivity index (χ3n) is 5.53. The summed E-state index contributed by atoms with van der Waals surface area (Å²) in [6, 6.07) is -0.890. The number of anilines is 1. The van der Waals surface area contributed by atoms with E-state index >= 15 is 0 Å². The number of carbonyl (C=O) groups is 1. The lowest BCUT2D eigenvalue weighted by Gasteiger charge is -2.40. The van der Waals surface area contributed by atoms with Gasteiger partial charge < -0.3 is 30.5 Å². The first-order valence-electron chi connectivity index (χ1n) is 9.84. The number of halogens is 3. The summed E-state index contributed by atoms with van der Waals surface area (Å²) >= 11 is 0. The zero-order valence-electron chi connectivity index (χ0n) is 17.0. The highest BCUT2D eigenvalue weighted by atomic mass is 19.4. The maximum absolute atomic E-state index is 14.6. The van der Waals surface area contributed by atoms with Crippen LogP contribution in [0, 0.1) is 0 Å². The summed E-state index contributed by atoms with van der Waals surface area (Å²) in [4.78, 5) is 26.5. The predicted octanol–water partition coefficient (Wildman–Crippen LogP) is 0.151. The number of nitrogen functional groups attached to an aromatic ring is 1. The van der Waals surface area contributed by atoms with E-state index in [4.69, 9.17) is 15.2 Å². The van der Waals surface area contributed by atoms with E-state index in [0.29, 0.717) is 13.2 Å². The molecule has 1 aromatic heterocycles. The molecule has 3 atom stereocenters. The number of hydrogen-bond donors (Lipinski definition) is 3. The van der Waals surface area contributed by atoms with Crippen molar-refractivity contribution >= 4 is 18.0 Å². The Hall–Kier alpha value is -3.13. The molecule has 4 N–H and O–H groups in total. The SMILES string of the molecule is C[C@H]1OC(=O)N(C2=CC(c3cnc(N)nc3)(C(F)(F)F)N=C(N3CCOCC3)N2)[C@H]1CO. The Labute approximate surface area is 180 Å². The molecule has 0 radical (unpaired) electrons. The molecule has 3 aliphatic heterocycles. The molecule has 174 valence electrons. The van der Waals surface area contributed by atoms with Crippen LogP contribution < -0.4 is 11.1 Å². The molecule has 14 heteroatoms. The van der Waals surface area contributed by atoms with Crippen LogP contribution in [0.2, 0.25) is 0 Å². The van der Waals surface area contributed by atoms with E-state index in [9.17, 15) is 23.1 Å². The number of carbonyl (C=O) groups excluding carboxylic acids is 1. The zero-order valence-corrected chi connectivity index (χ0v) is 17.0. The highest BCUT2D eigenvalue weighted by Crippen LogP contribution is 2.46. The maximum atomic E-state index is 14.6. The van der Waals surface area contributed by atoms with Crippen LogP contribution in [-0.2, 0) is 15.0 Å². The number of rotatable bonds is 3. The van der Waals surface area contributed by atoms with Gasteiger partial charge in [0.25, 0.3) is 0 Å². The molecular formula is C18H22F3N7O4. The number of hydrogen-bond acceptors (Lipinski definition) is 10. The molecule has 2 fully saturated rings. The van der Waals surface area contributed by atoms with Crippen molar-refractivity contribution in [2.45, 2.75) is 30.8 Å². The van der Waals surface area contributed by atoms with Gasteiger partial charge in [0.15, 0.2) is 0 Å². The summed E-state index contributed by atoms with van der Waals surface area (Å²) in [7, 11) is 0. The molecule has 32 heavy (non-hydrogen) atoms. The number of amides is 1. The third kappa shape index (κ3) is 3.68. The average molecular weight is 457 g/mol. The second kappa shape index (κ2) is 8.09. The minimum atomic E-state index is -4.93. The highest BCUT2D eigenvalue weighted by molar-refractivity contribution is 5.85. The number of ether oxygens (including phenoxy) is 2. The molecule has 4 heterocycles. The smallest absolute Gasteiger partial charge is 0.421 e. The van der Waals surface area contributed by atoms with Gasteiger partial charge in [0.05, 0.1) is 19.8 Å². The highest BCUT2D eigenvalue weighted by Gasteiger charge is 2.59. The second-order valence-electron chi connectivity index (χ2n) is 7.49. The summed E-state index contributed by atoms with van der Waals surface area (Å²) in [5.41, 5.74) is 2.16. The first-order valence-corrected chi connectivity index (χ1v) is 9.84. The number of aromatic nitrogens is 2. The van der Waals surface area contributed by atoms with Gasteiger partial charge >= 0.3 is 12.3 Å². The van der Waals surface area contributed by atoms with E-state index in [0.717, 1.165) is 23.4 Å². The Morgan fingerprint density at radius 3 is 2.56 bits per heavy atom. The largest absolute Gasteiger partial charge is 0.444 e. The minimum Gasteiger partial charge on any atom is -0.444 e. The lowest BCUT2D eigenvalue weighted by Crippen LogP contribution is -2.56. The molecule has 0 spiro atoms. The number of aliphatic imine (C=N–C) groups is 1. The van der Waals surface area contributed by atoms with Crippen molar-refractivity contribution in [3.05, 3.63) is 29.9 Å². The van der Waals surface area contributed by atoms with Crippen LogP contribution in [0.15, 0.2) is 29.3 Å². The Kier molecular flexibility index (Phi) is 5.58. The first-order chi connectivity index (χ1) is 15.2. The Bertz CT molecular complexity index is 933. The van der Waals surface area contributed by atoms with Gasteiger partial charge in [-0.15, -0.1) is 0 Å². The Morgan fingerprint density at radius 2 is 1.97 bits per heavy atom. The van der Waals surface area contributed by atoms with Crippen LogP contribution in [0.5, 0.6) is 0 Å². The normalized spacial score (nSPS) is 28.7. The summed E-state index contributed by atoms with van der Waals surface area (Å²) in [5, 5.41) is 12.6. The van der Waals surface area contributed by atoms with E-state index < -0.39 is 36.6 Å². The summed E-state index contributed by atoms with van der Waals surface area (Å²) < 4.78 is 54.4. The lowest BCUT2D eigenvalue weighted by molar-refractivity contribution is -0.175. The Balaban J connectivity index is 1.89. The zero-order chi connectivity index (χ0) is 23.1. The monoisotopic (exact) mass is 457 g/mol. The summed E-state index contributed by atoms with van der Waals surface area (Å²) in [6.07, 6.45) is -3.88. The van der Waals surface area contributed by atoms with E-state index in [2.05, 4.69) is 20.3 Å². The van der Waals surface area contributed by atoms with Gasteiger partial charge in [-0.1, -0.05) is 0 Å². The van der Waals surface area contributed by atoms with Gasteiger partial charge in [-0.05, 0) is 13.0 Å². The first kappa shape index (κ1) is 22.1. The van der Waals surface area contributed by atoms with Crippen molar-refractivity contribution in [2.75, 3.05) is 38.6 Å². The molecule has 0 saturated carbocycles. The van der Waals surface area contributed by atoms with Crippen molar-refractivity contribution < 1.29 is 32.5 Å². The van der Waals surface area contributed by atoms with Crippen LogP contribution in [-0.4, -0.2) is 88.2 Å². The van der Waals surface area contributed by atoms with Crippen LogP contribution in [0.1, 0.15) is 12.5 Å². The van der Waals surface area contributed by atoms with Crippen LogP contribution in [0.25, 0.3) is 0 Å². The van der Waals surface area contributed by atoms with Crippen molar-refractivity contribution in [2.24, 2.45) is 4.99 Å². The third-order valence-corrected chi connectivity index (χ3v) is 5.53. The van der Waals surface area contributed by atoms with Crippen LogP contribution in [0.3, 0.4) is 0 Å². The fourth-order valence-electron chi connectivity index (χ4n) is 3.77. The molecule has 11 nitrogen and oxygen atoms in total. The van der Waals surface area contributed by atoms with Gasteiger partial charge in [-0.3, -0.25) is 4.90 Å². The fraction of sp³-hybridized carbons (Fsp3) is 0.556. The number of nitrogens with two attached hydrogens (primary N) is 1. The molecule has 1 unspecified atom stereocenters. The van der Waals surface area contributed by atoms with E-state index in [1.165, 1.54) is 0 Å². The summed E-state index contributed by atoms with van der Waals surface area (Å²) in [6.45, 7) is 2.20. The molecule has 0 aliphatic carbocycles. The number of alkyl halides is 3. The number of nitrogens with zero attached hydrogens (tertiary/aromatic N) is 5. The molecule has 0 bridgehead atoms. The molecular weight excluding hydrogens is 435 g/mol. The maximum Gasteiger partial charge on any atom is 0.421 e. The van der Waals surface area contributed by atoms with E-state index in [1.807, 2.05) is 0 Å². The lowest BCUT2D eigenvalue weighted by atomic mass is 9.90. The number of cyclic esters (lactones) is 1. The van der Waals surface area contributed by atoms with Crippen LogP contribution in [0.4, 0.5) is 23.9 Å². The standard InChI is InChI=1S/C18H22F3N7O4/c1-10-12(9-29)28(16(30)32-10)13-6-17(18(19,20)21,11-7-23-14(22)24-8-11)26-15(25-13)27-2-4-31-5-3-27/h6-8,10,12,29H,2-5,9H2,1H3,(H,25,26)(H2,22,23,24)/t10-,12+,17?/m1/s1.